The van der Waals surface area contributed by atoms with E-state index in [9.17, 15) is 16.8 Å². The van der Waals surface area contributed by atoms with Gasteiger partial charge in [0.05, 0.1) is 21.1 Å². The van der Waals surface area contributed by atoms with E-state index >= 15 is 0 Å². The maximum Gasteiger partial charge on any atom is 0.255 e. The highest BCUT2D eigenvalue weighted by Crippen LogP contribution is 2.34. The third kappa shape index (κ3) is 4.64. The molecule has 0 amide bonds. The third-order valence-electron chi connectivity index (χ3n) is 4.15. The molecule has 3 N–H and O–H groups in total. The van der Waals surface area contributed by atoms with Crippen LogP contribution >= 0.6 is 23.2 Å². The fraction of sp³-hybridized carbons (Fsp3) is 0.176. The Balaban J connectivity index is 1.94. The summed E-state index contributed by atoms with van der Waals surface area (Å²) in [5.74, 6) is 0. The molecule has 6 nitrogen and oxygen atoms in total. The minimum atomic E-state index is -4.09. The van der Waals surface area contributed by atoms with Gasteiger partial charge < -0.3 is 0 Å². The van der Waals surface area contributed by atoms with E-state index in [1.165, 1.54) is 18.2 Å². The van der Waals surface area contributed by atoms with Gasteiger partial charge in [-0.1, -0.05) is 35.3 Å². The largest absolute Gasteiger partial charge is 0.279 e. The van der Waals surface area contributed by atoms with Gasteiger partial charge in [-0.2, -0.15) is 0 Å². The van der Waals surface area contributed by atoms with Crippen LogP contribution in [0.1, 0.15) is 23.1 Å². The van der Waals surface area contributed by atoms with Crippen LogP contribution in [0.3, 0.4) is 0 Å². The van der Waals surface area contributed by atoms with Crippen molar-refractivity contribution in [1.82, 2.24) is 0 Å². The van der Waals surface area contributed by atoms with E-state index in [2.05, 4.69) is 4.72 Å². The molecule has 0 fully saturated rings. The Morgan fingerprint density at radius 2 is 1.74 bits per heavy atom. The van der Waals surface area contributed by atoms with Crippen LogP contribution in [0.4, 0.5) is 5.69 Å². The van der Waals surface area contributed by atoms with Gasteiger partial charge in [0.25, 0.3) is 10.0 Å². The molecule has 0 saturated carbocycles. The summed E-state index contributed by atoms with van der Waals surface area (Å²) in [5, 5.41) is 6.90. The summed E-state index contributed by atoms with van der Waals surface area (Å²) >= 11 is 11.7. The predicted molar refractivity (Wildman–Crippen MR) is 108 cm³/mol. The highest BCUT2D eigenvalue weighted by atomic mass is 35.5. The van der Waals surface area contributed by atoms with Gasteiger partial charge in [0, 0.05) is 0 Å². The summed E-state index contributed by atoms with van der Waals surface area (Å²) in [6, 6.07) is 7.81. The molecule has 0 saturated heterocycles. The van der Waals surface area contributed by atoms with Crippen molar-refractivity contribution >= 4 is 55.0 Å². The van der Waals surface area contributed by atoms with Crippen molar-refractivity contribution < 1.29 is 16.8 Å². The van der Waals surface area contributed by atoms with E-state index in [1.54, 1.807) is 18.2 Å². The number of aryl methyl sites for hydroxylation is 1. The summed E-state index contributed by atoms with van der Waals surface area (Å²) in [6.07, 6.45) is 3.40. The minimum Gasteiger partial charge on any atom is -0.279 e. The van der Waals surface area contributed by atoms with Crippen LogP contribution in [-0.2, 0) is 32.9 Å². The van der Waals surface area contributed by atoms with Crippen LogP contribution in [0.2, 0.25) is 10.0 Å². The van der Waals surface area contributed by atoms with Gasteiger partial charge in [-0.15, -0.1) is 0 Å². The average molecular weight is 447 g/mol. The lowest BCUT2D eigenvalue weighted by atomic mass is 10.1. The van der Waals surface area contributed by atoms with Crippen molar-refractivity contribution in [3.8, 4) is 0 Å². The summed E-state index contributed by atoms with van der Waals surface area (Å²) in [6.45, 7) is 0. The normalized spacial score (nSPS) is 14.5. The summed E-state index contributed by atoms with van der Waals surface area (Å²) in [5.41, 5.74) is 1.91. The smallest absolute Gasteiger partial charge is 0.255 e. The summed E-state index contributed by atoms with van der Waals surface area (Å²) < 4.78 is 51.2. The van der Waals surface area contributed by atoms with Crippen LogP contribution in [0.5, 0.6) is 0 Å². The Kier molecular flexibility index (Phi) is 5.56. The van der Waals surface area contributed by atoms with E-state index in [1.807, 2.05) is 0 Å². The Labute approximate surface area is 168 Å². The van der Waals surface area contributed by atoms with Gasteiger partial charge in [-0.3, -0.25) is 4.72 Å². The van der Waals surface area contributed by atoms with Crippen LogP contribution in [0, 0.1) is 0 Å². The lowest BCUT2D eigenvalue weighted by molar-refractivity contribution is 0.597. The Bertz CT molecular complexity index is 1140. The number of sulfonamides is 2. The number of hydrogen-bond acceptors (Lipinski definition) is 4. The predicted octanol–water partition coefficient (Wildman–Crippen LogP) is 3.54. The molecular weight excluding hydrogens is 431 g/mol. The molecule has 10 heteroatoms. The van der Waals surface area contributed by atoms with Crippen molar-refractivity contribution in [2.75, 3.05) is 4.72 Å². The topological polar surface area (TPSA) is 106 Å². The molecule has 0 aromatic heterocycles. The summed E-state index contributed by atoms with van der Waals surface area (Å²) in [4.78, 5) is -0.163. The van der Waals surface area contributed by atoms with Crippen LogP contribution in [0.25, 0.3) is 6.08 Å². The van der Waals surface area contributed by atoms with Gasteiger partial charge in [0.2, 0.25) is 10.0 Å². The Hall–Kier alpha value is -1.58. The maximum atomic E-state index is 12.4. The Morgan fingerprint density at radius 3 is 2.41 bits per heavy atom. The molecule has 27 heavy (non-hydrogen) atoms. The number of nitrogens with one attached hydrogen (secondary N) is 1. The monoisotopic (exact) mass is 446 g/mol. The molecule has 0 aliphatic heterocycles. The molecule has 1 aliphatic rings. The first-order chi connectivity index (χ1) is 12.6. The molecule has 0 atom stereocenters. The third-order valence-corrected chi connectivity index (χ3v) is 6.92. The maximum absolute atomic E-state index is 12.4. The SMILES string of the molecule is NS(=O)(=O)c1c(NS(=O)(=O)/C=C/c2ccc(Cl)c(Cl)c2)ccc2c1CCC2. The van der Waals surface area contributed by atoms with Gasteiger partial charge in [-0.25, -0.2) is 22.0 Å². The number of primary sulfonamides is 1. The van der Waals surface area contributed by atoms with E-state index in [0.717, 1.165) is 23.8 Å². The molecule has 0 heterocycles. The molecule has 144 valence electrons. The highest BCUT2D eigenvalue weighted by Gasteiger charge is 2.26. The van der Waals surface area contributed by atoms with E-state index in [0.29, 0.717) is 27.6 Å². The van der Waals surface area contributed by atoms with Crippen molar-refractivity contribution in [2.24, 2.45) is 5.14 Å². The van der Waals surface area contributed by atoms with E-state index in [4.69, 9.17) is 28.3 Å². The first-order valence-electron chi connectivity index (χ1n) is 7.90. The van der Waals surface area contributed by atoms with Gasteiger partial charge in [0.15, 0.2) is 0 Å². The zero-order chi connectivity index (χ0) is 19.8. The highest BCUT2D eigenvalue weighted by molar-refractivity contribution is 7.95. The first-order valence-corrected chi connectivity index (χ1v) is 11.8. The van der Waals surface area contributed by atoms with Crippen molar-refractivity contribution in [1.29, 1.82) is 0 Å². The van der Waals surface area contributed by atoms with Crippen LogP contribution in [-0.4, -0.2) is 16.8 Å². The number of rotatable bonds is 5. The molecule has 2 aromatic rings. The number of fused-ring (bicyclic) bond motifs is 1. The summed E-state index contributed by atoms with van der Waals surface area (Å²) in [7, 11) is -8.07. The second-order valence-corrected chi connectivity index (χ2v) is 9.98. The molecule has 2 aromatic carbocycles. The minimum absolute atomic E-state index is 0.0584. The van der Waals surface area contributed by atoms with Crippen LogP contribution in [0.15, 0.2) is 40.6 Å². The van der Waals surface area contributed by atoms with Crippen molar-refractivity contribution in [2.45, 2.75) is 24.2 Å². The molecule has 3 rings (SSSR count). The Morgan fingerprint density at radius 1 is 1.00 bits per heavy atom. The molecule has 1 aliphatic carbocycles. The number of halogens is 2. The van der Waals surface area contributed by atoms with Crippen molar-refractivity contribution in [3.63, 3.8) is 0 Å². The molecule has 0 unspecified atom stereocenters. The number of nitrogens with two attached hydrogens (primary N) is 1. The first kappa shape index (κ1) is 20.2. The lowest BCUT2D eigenvalue weighted by Gasteiger charge is -2.13. The average Bonchev–Trinajstić information content (AvgIpc) is 3.02. The van der Waals surface area contributed by atoms with Crippen LogP contribution < -0.4 is 9.86 Å². The molecule has 0 radical (unpaired) electrons. The van der Waals surface area contributed by atoms with E-state index in [-0.39, 0.29) is 10.6 Å². The number of benzene rings is 2. The zero-order valence-electron chi connectivity index (χ0n) is 13.9. The fourth-order valence-electron chi connectivity index (χ4n) is 3.01. The second kappa shape index (κ2) is 7.44. The van der Waals surface area contributed by atoms with Crippen molar-refractivity contribution in [3.05, 3.63) is 62.5 Å². The lowest BCUT2D eigenvalue weighted by Crippen LogP contribution is -2.19. The molecular formula is C17H16Cl2N2O4S2. The van der Waals surface area contributed by atoms with Gasteiger partial charge in [0.1, 0.15) is 4.90 Å². The standard InChI is InChI=1S/C17H16Cl2N2O4S2/c18-14-6-4-11(10-15(14)19)8-9-26(22,23)21-16-7-5-12-2-1-3-13(12)17(16)27(20,24)25/h4-10,21H,1-3H2,(H2,20,24,25)/b9-8+. The second-order valence-electron chi connectivity index (χ2n) is 6.10. The fourth-order valence-corrected chi connectivity index (χ4v) is 5.26. The molecule has 0 spiro atoms. The zero-order valence-corrected chi connectivity index (χ0v) is 17.1. The quantitative estimate of drug-likeness (QED) is 0.731. The van der Waals surface area contributed by atoms with Gasteiger partial charge >= 0.3 is 0 Å². The number of anilines is 1. The van der Waals surface area contributed by atoms with Gasteiger partial charge in [-0.05, 0) is 60.2 Å². The van der Waals surface area contributed by atoms with E-state index < -0.39 is 20.0 Å². The number of hydrogen-bond donors (Lipinski definition) is 2. The molecule has 0 bridgehead atoms.